The van der Waals surface area contributed by atoms with Crippen LogP contribution < -0.4 is 15.5 Å². The van der Waals surface area contributed by atoms with Gasteiger partial charge in [-0.05, 0) is 30.2 Å². The van der Waals surface area contributed by atoms with Crippen LogP contribution in [0.15, 0.2) is 52.9 Å². The Morgan fingerprint density at radius 1 is 0.966 bits per heavy atom. The highest BCUT2D eigenvalue weighted by atomic mass is 31.2. The predicted octanol–water partition coefficient (Wildman–Crippen LogP) is 4.31. The Kier molecular flexibility index (Phi) is 6.75. The molecular formula is C21H25N2O5P. The van der Waals surface area contributed by atoms with Crippen LogP contribution in [0.1, 0.15) is 22.6 Å². The number of aryl methyl sites for hydroxylation is 1. The number of nitrogens with zero attached hydrogens (tertiary/aromatic N) is 1. The van der Waals surface area contributed by atoms with Crippen molar-refractivity contribution in [2.24, 2.45) is 0 Å². The lowest BCUT2D eigenvalue weighted by atomic mass is 10.1. The van der Waals surface area contributed by atoms with E-state index in [1.807, 2.05) is 55.5 Å². The molecule has 0 saturated carbocycles. The van der Waals surface area contributed by atoms with E-state index < -0.39 is 7.60 Å². The standard InChI is InChI=1S/C21H25N2O5P/c1-15-5-7-17(8-6-15)14-22-20-21(29(24,26-3)27-4)23-19(28-20)13-16-9-11-18(25-2)12-10-16/h5-12,22H,13-14H2,1-4H3. The molecule has 2 aromatic carbocycles. The number of benzene rings is 2. The van der Waals surface area contributed by atoms with E-state index in [1.165, 1.54) is 19.8 Å². The molecule has 8 heteroatoms. The van der Waals surface area contributed by atoms with Gasteiger partial charge >= 0.3 is 7.60 Å². The normalized spacial score (nSPS) is 11.4. The van der Waals surface area contributed by atoms with Crippen molar-refractivity contribution in [1.29, 1.82) is 0 Å². The van der Waals surface area contributed by atoms with Crippen LogP contribution in [0.5, 0.6) is 5.75 Å². The van der Waals surface area contributed by atoms with Crippen molar-refractivity contribution >= 4 is 18.9 Å². The van der Waals surface area contributed by atoms with E-state index in [2.05, 4.69) is 10.3 Å². The fraction of sp³-hybridized carbons (Fsp3) is 0.286. The Hall–Kier alpha value is -2.60. The highest BCUT2D eigenvalue weighted by molar-refractivity contribution is 7.62. The first-order valence-electron chi connectivity index (χ1n) is 9.11. The average molecular weight is 416 g/mol. The third kappa shape index (κ3) is 5.07. The molecule has 0 spiro atoms. The van der Waals surface area contributed by atoms with Crippen molar-refractivity contribution in [2.75, 3.05) is 26.6 Å². The number of nitrogens with one attached hydrogen (secondary N) is 1. The first-order chi connectivity index (χ1) is 14.0. The number of methoxy groups -OCH3 is 1. The van der Waals surface area contributed by atoms with Gasteiger partial charge in [0.1, 0.15) is 5.75 Å². The van der Waals surface area contributed by atoms with Gasteiger partial charge < -0.3 is 23.5 Å². The Balaban J connectivity index is 1.86. The molecule has 0 aliphatic rings. The van der Waals surface area contributed by atoms with Crippen LogP contribution in [0.25, 0.3) is 0 Å². The molecule has 154 valence electrons. The van der Waals surface area contributed by atoms with E-state index in [-0.39, 0.29) is 11.3 Å². The molecule has 1 heterocycles. The van der Waals surface area contributed by atoms with Gasteiger partial charge in [-0.3, -0.25) is 4.57 Å². The second-order valence-corrected chi connectivity index (χ2v) is 8.64. The average Bonchev–Trinajstić information content (AvgIpc) is 3.16. The summed E-state index contributed by atoms with van der Waals surface area (Å²) in [7, 11) is 0.686. The molecule has 7 nitrogen and oxygen atoms in total. The summed E-state index contributed by atoms with van der Waals surface area (Å²) in [5, 5.41) is 3.17. The summed E-state index contributed by atoms with van der Waals surface area (Å²) in [6.45, 7) is 2.52. The summed E-state index contributed by atoms with van der Waals surface area (Å²) in [5.74, 6) is 1.46. The molecule has 1 aromatic heterocycles. The molecule has 29 heavy (non-hydrogen) atoms. The summed E-state index contributed by atoms with van der Waals surface area (Å²) in [6.07, 6.45) is 0.427. The summed E-state index contributed by atoms with van der Waals surface area (Å²) in [4.78, 5) is 4.41. The summed E-state index contributed by atoms with van der Waals surface area (Å²) < 4.78 is 34.3. The number of rotatable bonds is 9. The number of aromatic nitrogens is 1. The molecule has 0 fully saturated rings. The Morgan fingerprint density at radius 3 is 2.17 bits per heavy atom. The van der Waals surface area contributed by atoms with Crippen molar-refractivity contribution in [2.45, 2.75) is 19.9 Å². The fourth-order valence-electron chi connectivity index (χ4n) is 2.79. The lowest BCUT2D eigenvalue weighted by molar-refractivity contribution is 0.286. The van der Waals surface area contributed by atoms with E-state index in [0.717, 1.165) is 16.9 Å². The highest BCUT2D eigenvalue weighted by Crippen LogP contribution is 2.47. The summed E-state index contributed by atoms with van der Waals surface area (Å²) in [5.41, 5.74) is 3.35. The molecule has 3 rings (SSSR count). The molecule has 0 aliphatic heterocycles. The third-order valence-electron chi connectivity index (χ3n) is 4.48. The third-order valence-corrected chi connectivity index (χ3v) is 6.27. The fourth-order valence-corrected chi connectivity index (χ4v) is 3.89. The van der Waals surface area contributed by atoms with Crippen LogP contribution >= 0.6 is 7.60 Å². The molecule has 3 aromatic rings. The van der Waals surface area contributed by atoms with Gasteiger partial charge in [0, 0.05) is 27.2 Å². The topological polar surface area (TPSA) is 82.8 Å². The van der Waals surface area contributed by atoms with Crippen LogP contribution in [0.4, 0.5) is 5.88 Å². The second kappa shape index (κ2) is 9.27. The molecule has 0 amide bonds. The lowest BCUT2D eigenvalue weighted by Crippen LogP contribution is -2.15. The van der Waals surface area contributed by atoms with E-state index in [0.29, 0.717) is 18.9 Å². The number of oxazole rings is 1. The number of hydrogen-bond acceptors (Lipinski definition) is 7. The Labute approximate surface area is 170 Å². The molecule has 0 radical (unpaired) electrons. The van der Waals surface area contributed by atoms with Gasteiger partial charge in [0.2, 0.25) is 17.2 Å². The maximum Gasteiger partial charge on any atom is 0.384 e. The quantitative estimate of drug-likeness (QED) is 0.521. The van der Waals surface area contributed by atoms with Crippen molar-refractivity contribution < 1.29 is 22.8 Å². The van der Waals surface area contributed by atoms with Crippen LogP contribution in [0.2, 0.25) is 0 Å². The van der Waals surface area contributed by atoms with Gasteiger partial charge in [0.25, 0.3) is 0 Å². The first-order valence-corrected chi connectivity index (χ1v) is 10.7. The zero-order chi connectivity index (χ0) is 20.9. The van der Waals surface area contributed by atoms with Crippen molar-refractivity contribution in [3.63, 3.8) is 0 Å². The number of hydrogen-bond donors (Lipinski definition) is 1. The SMILES string of the molecule is COc1ccc(Cc2nc(P(=O)(OC)OC)c(NCc3ccc(C)cc3)o2)cc1. The van der Waals surface area contributed by atoms with Crippen LogP contribution in [0.3, 0.4) is 0 Å². The van der Waals surface area contributed by atoms with E-state index in [9.17, 15) is 4.57 Å². The van der Waals surface area contributed by atoms with Gasteiger partial charge in [-0.1, -0.05) is 42.0 Å². The largest absolute Gasteiger partial charge is 0.497 e. The van der Waals surface area contributed by atoms with Gasteiger partial charge in [0.15, 0.2) is 0 Å². The maximum absolute atomic E-state index is 13.0. The minimum absolute atomic E-state index is 0.137. The molecule has 0 unspecified atom stereocenters. The van der Waals surface area contributed by atoms with Crippen LogP contribution in [0, 0.1) is 6.92 Å². The Bertz CT molecular complexity index is 975. The van der Waals surface area contributed by atoms with Crippen molar-refractivity contribution in [1.82, 2.24) is 4.98 Å². The molecule has 0 bridgehead atoms. The van der Waals surface area contributed by atoms with E-state index >= 15 is 0 Å². The van der Waals surface area contributed by atoms with E-state index in [1.54, 1.807) is 7.11 Å². The molecule has 0 aliphatic carbocycles. The van der Waals surface area contributed by atoms with Gasteiger partial charge in [0.05, 0.1) is 7.11 Å². The highest BCUT2D eigenvalue weighted by Gasteiger charge is 2.34. The molecule has 0 saturated heterocycles. The van der Waals surface area contributed by atoms with Gasteiger partial charge in [-0.2, -0.15) is 0 Å². The number of ether oxygens (including phenoxy) is 1. The van der Waals surface area contributed by atoms with Crippen LogP contribution in [-0.2, 0) is 26.6 Å². The second-order valence-electron chi connectivity index (χ2n) is 6.49. The van der Waals surface area contributed by atoms with Gasteiger partial charge in [-0.15, -0.1) is 0 Å². The zero-order valence-corrected chi connectivity index (χ0v) is 17.9. The van der Waals surface area contributed by atoms with Gasteiger partial charge in [-0.25, -0.2) is 4.98 Å². The summed E-state index contributed by atoms with van der Waals surface area (Å²) >= 11 is 0. The van der Waals surface area contributed by atoms with E-state index in [4.69, 9.17) is 18.2 Å². The summed E-state index contributed by atoms with van der Waals surface area (Å²) in [6, 6.07) is 15.7. The Morgan fingerprint density at radius 2 is 1.59 bits per heavy atom. The minimum atomic E-state index is -3.58. The lowest BCUT2D eigenvalue weighted by Gasteiger charge is -2.12. The zero-order valence-electron chi connectivity index (χ0n) is 17.0. The van der Waals surface area contributed by atoms with Crippen molar-refractivity contribution in [3.05, 3.63) is 71.1 Å². The van der Waals surface area contributed by atoms with Crippen molar-refractivity contribution in [3.8, 4) is 5.75 Å². The minimum Gasteiger partial charge on any atom is -0.497 e. The van der Waals surface area contributed by atoms with Crippen LogP contribution in [-0.4, -0.2) is 26.3 Å². The molecular weight excluding hydrogens is 391 g/mol. The maximum atomic E-state index is 13.0. The molecule has 0 atom stereocenters. The smallest absolute Gasteiger partial charge is 0.384 e. The monoisotopic (exact) mass is 416 g/mol. The molecule has 1 N–H and O–H groups in total. The first kappa shape index (κ1) is 21.1. The number of anilines is 1. The predicted molar refractivity (Wildman–Crippen MR) is 112 cm³/mol.